The lowest BCUT2D eigenvalue weighted by atomic mass is 10.0. The van der Waals surface area contributed by atoms with Crippen molar-refractivity contribution in [3.63, 3.8) is 0 Å². The Morgan fingerprint density at radius 1 is 0.903 bits per heavy atom. The molecule has 7 heteroatoms. The lowest BCUT2D eigenvalue weighted by molar-refractivity contribution is 0.475. The Bertz CT molecular complexity index is 1210. The van der Waals surface area contributed by atoms with Gasteiger partial charge in [-0.2, -0.15) is 0 Å². The SMILES string of the molecule is Oc1ccc(N2C(=S)N[C@H](c3ccccn3)[C@@H]2c2cccn2-c2ccc(F)cc2)cc1. The standard InChI is InChI=1S/C24H19FN4OS/c25-16-6-8-17(9-7-16)28-15-3-5-21(28)23-22(20-4-1-2-14-26-20)27-24(31)29(23)18-10-12-19(30)13-11-18/h1-15,22-23,30H,(H,27,31)/t22-,23+/m1/s1. The van der Waals surface area contributed by atoms with Gasteiger partial charge in [0.2, 0.25) is 0 Å². The monoisotopic (exact) mass is 430 g/mol. The van der Waals surface area contributed by atoms with Crippen molar-refractivity contribution in [1.29, 1.82) is 0 Å². The molecule has 0 unspecified atom stereocenters. The van der Waals surface area contributed by atoms with Gasteiger partial charge >= 0.3 is 0 Å². The molecule has 2 N–H and O–H groups in total. The van der Waals surface area contributed by atoms with Crippen LogP contribution in [0.3, 0.4) is 0 Å². The Morgan fingerprint density at radius 3 is 2.35 bits per heavy atom. The van der Waals surface area contributed by atoms with Gasteiger partial charge in [0.05, 0.1) is 11.7 Å². The summed E-state index contributed by atoms with van der Waals surface area (Å²) >= 11 is 5.73. The van der Waals surface area contributed by atoms with E-state index in [1.807, 2.05) is 58.1 Å². The summed E-state index contributed by atoms with van der Waals surface area (Å²) in [5, 5.41) is 13.7. The second kappa shape index (κ2) is 7.85. The number of aromatic hydroxyl groups is 1. The molecular weight excluding hydrogens is 411 g/mol. The lowest BCUT2D eigenvalue weighted by Crippen LogP contribution is -2.30. The van der Waals surface area contributed by atoms with Crippen molar-refractivity contribution >= 4 is 23.0 Å². The number of phenolic OH excluding ortho intramolecular Hbond substituents is 1. The molecule has 154 valence electrons. The van der Waals surface area contributed by atoms with Gasteiger partial charge in [-0.05, 0) is 85.0 Å². The van der Waals surface area contributed by atoms with Crippen LogP contribution in [0.5, 0.6) is 5.75 Å². The fourth-order valence-corrected chi connectivity index (χ4v) is 4.36. The van der Waals surface area contributed by atoms with E-state index >= 15 is 0 Å². The topological polar surface area (TPSA) is 53.3 Å². The highest BCUT2D eigenvalue weighted by atomic mass is 32.1. The van der Waals surface area contributed by atoms with Crippen molar-refractivity contribution in [2.24, 2.45) is 0 Å². The Hall–Kier alpha value is -3.71. The van der Waals surface area contributed by atoms with Crippen molar-refractivity contribution < 1.29 is 9.50 Å². The molecule has 2 aromatic heterocycles. The van der Waals surface area contributed by atoms with Gasteiger partial charge in [0.1, 0.15) is 17.6 Å². The van der Waals surface area contributed by atoms with E-state index in [0.717, 1.165) is 22.8 Å². The summed E-state index contributed by atoms with van der Waals surface area (Å²) in [4.78, 5) is 6.60. The smallest absolute Gasteiger partial charge is 0.174 e. The van der Waals surface area contributed by atoms with Gasteiger partial charge in [0.25, 0.3) is 0 Å². The van der Waals surface area contributed by atoms with E-state index in [9.17, 15) is 9.50 Å². The zero-order valence-electron chi connectivity index (χ0n) is 16.4. The zero-order chi connectivity index (χ0) is 21.4. The number of nitrogens with one attached hydrogen (secondary N) is 1. The molecule has 3 heterocycles. The maximum Gasteiger partial charge on any atom is 0.174 e. The number of benzene rings is 2. The first kappa shape index (κ1) is 19.3. The molecule has 1 aliphatic rings. The Morgan fingerprint density at radius 2 is 1.65 bits per heavy atom. The summed E-state index contributed by atoms with van der Waals surface area (Å²) in [5.41, 5.74) is 3.54. The average Bonchev–Trinajstić information content (AvgIpc) is 3.40. The predicted molar refractivity (Wildman–Crippen MR) is 122 cm³/mol. The second-order valence-electron chi connectivity index (χ2n) is 7.29. The zero-order valence-corrected chi connectivity index (χ0v) is 17.2. The third kappa shape index (κ3) is 3.53. The molecule has 2 atom stereocenters. The maximum absolute atomic E-state index is 13.5. The van der Waals surface area contributed by atoms with Gasteiger partial charge in [-0.25, -0.2) is 4.39 Å². The molecule has 0 radical (unpaired) electrons. The Balaban J connectivity index is 1.66. The van der Waals surface area contributed by atoms with Crippen LogP contribution < -0.4 is 10.2 Å². The van der Waals surface area contributed by atoms with Crippen molar-refractivity contribution in [3.8, 4) is 11.4 Å². The lowest BCUT2D eigenvalue weighted by Gasteiger charge is -2.29. The van der Waals surface area contributed by atoms with Gasteiger partial charge in [-0.3, -0.25) is 4.98 Å². The van der Waals surface area contributed by atoms with Crippen LogP contribution in [0, 0.1) is 5.82 Å². The molecule has 1 fully saturated rings. The fraction of sp³-hybridized carbons (Fsp3) is 0.0833. The molecule has 5 nitrogen and oxygen atoms in total. The van der Waals surface area contributed by atoms with Crippen molar-refractivity contribution in [1.82, 2.24) is 14.9 Å². The van der Waals surface area contributed by atoms with E-state index in [1.165, 1.54) is 12.1 Å². The summed E-state index contributed by atoms with van der Waals surface area (Å²) in [6.07, 6.45) is 3.72. The van der Waals surface area contributed by atoms with Gasteiger partial charge < -0.3 is 19.9 Å². The minimum absolute atomic E-state index is 0.189. The number of nitrogens with zero attached hydrogens (tertiary/aromatic N) is 3. The molecule has 2 aromatic carbocycles. The highest BCUT2D eigenvalue weighted by Gasteiger charge is 2.42. The minimum atomic E-state index is -0.279. The van der Waals surface area contributed by atoms with E-state index in [0.29, 0.717) is 5.11 Å². The minimum Gasteiger partial charge on any atom is -0.508 e. The third-order valence-electron chi connectivity index (χ3n) is 5.41. The highest BCUT2D eigenvalue weighted by molar-refractivity contribution is 7.80. The fourth-order valence-electron chi connectivity index (χ4n) is 4.02. The van der Waals surface area contributed by atoms with Gasteiger partial charge in [0, 0.05) is 29.5 Å². The van der Waals surface area contributed by atoms with E-state index in [1.54, 1.807) is 30.5 Å². The van der Waals surface area contributed by atoms with Gasteiger partial charge in [-0.1, -0.05) is 6.07 Å². The number of rotatable bonds is 4. The van der Waals surface area contributed by atoms with E-state index < -0.39 is 0 Å². The van der Waals surface area contributed by atoms with Crippen LogP contribution in [0.15, 0.2) is 91.3 Å². The Labute approximate surface area is 184 Å². The maximum atomic E-state index is 13.5. The average molecular weight is 431 g/mol. The molecule has 1 aliphatic heterocycles. The van der Waals surface area contributed by atoms with Crippen LogP contribution in [-0.4, -0.2) is 19.8 Å². The largest absolute Gasteiger partial charge is 0.508 e. The number of pyridine rings is 1. The molecule has 5 rings (SSSR count). The van der Waals surface area contributed by atoms with Crippen LogP contribution in [0.2, 0.25) is 0 Å². The number of halogens is 1. The first-order chi connectivity index (χ1) is 15.1. The summed E-state index contributed by atoms with van der Waals surface area (Å²) < 4.78 is 15.5. The Kier molecular flexibility index (Phi) is 4.88. The quantitative estimate of drug-likeness (QED) is 0.452. The summed E-state index contributed by atoms with van der Waals surface area (Å²) in [6, 6.07) is 22.7. The van der Waals surface area contributed by atoms with Crippen LogP contribution in [0.1, 0.15) is 23.5 Å². The molecule has 1 saturated heterocycles. The highest BCUT2D eigenvalue weighted by Crippen LogP contribution is 2.42. The number of hydrogen-bond acceptors (Lipinski definition) is 3. The van der Waals surface area contributed by atoms with Crippen LogP contribution in [-0.2, 0) is 0 Å². The van der Waals surface area contributed by atoms with Gasteiger partial charge in [0.15, 0.2) is 5.11 Å². The molecule has 4 aromatic rings. The molecule has 0 spiro atoms. The number of anilines is 1. The first-order valence-corrected chi connectivity index (χ1v) is 10.3. The molecule has 0 aliphatic carbocycles. The molecule has 0 saturated carbocycles. The second-order valence-corrected chi connectivity index (χ2v) is 7.68. The molecular formula is C24H19FN4OS. The van der Waals surface area contributed by atoms with Crippen LogP contribution in [0.4, 0.5) is 10.1 Å². The summed E-state index contributed by atoms with van der Waals surface area (Å²) in [5.74, 6) is -0.0902. The molecule has 31 heavy (non-hydrogen) atoms. The number of aromatic nitrogens is 2. The van der Waals surface area contributed by atoms with Crippen molar-refractivity contribution in [3.05, 3.63) is 108 Å². The van der Waals surface area contributed by atoms with Crippen molar-refractivity contribution in [2.75, 3.05) is 4.90 Å². The van der Waals surface area contributed by atoms with Crippen molar-refractivity contribution in [2.45, 2.75) is 12.1 Å². The molecule has 0 bridgehead atoms. The van der Waals surface area contributed by atoms with E-state index in [4.69, 9.17) is 12.2 Å². The number of thiocarbonyl (C=S) groups is 1. The van der Waals surface area contributed by atoms with Crippen LogP contribution in [0.25, 0.3) is 5.69 Å². The number of phenols is 1. The van der Waals surface area contributed by atoms with E-state index in [-0.39, 0.29) is 23.7 Å². The predicted octanol–water partition coefficient (Wildman–Crippen LogP) is 4.89. The van der Waals surface area contributed by atoms with E-state index in [2.05, 4.69) is 10.3 Å². The van der Waals surface area contributed by atoms with Gasteiger partial charge in [-0.15, -0.1) is 0 Å². The summed E-state index contributed by atoms with van der Waals surface area (Å²) in [7, 11) is 0. The normalized spacial score (nSPS) is 18.2. The number of hydrogen-bond donors (Lipinski definition) is 2. The van der Waals surface area contributed by atoms with Crippen LogP contribution >= 0.6 is 12.2 Å². The third-order valence-corrected chi connectivity index (χ3v) is 5.73. The first-order valence-electron chi connectivity index (χ1n) is 9.85. The molecule has 0 amide bonds. The summed E-state index contributed by atoms with van der Waals surface area (Å²) in [6.45, 7) is 0.